The van der Waals surface area contributed by atoms with Crippen LogP contribution < -0.4 is 0 Å². The van der Waals surface area contributed by atoms with Crippen LogP contribution in [-0.2, 0) is 25.9 Å². The van der Waals surface area contributed by atoms with Crippen molar-refractivity contribution in [1.29, 1.82) is 0 Å². The molecule has 2 aromatic heterocycles. The molecule has 0 amide bonds. The molecule has 0 aromatic carbocycles. The molecule has 0 fully saturated rings. The molecule has 0 bridgehead atoms. The summed E-state index contributed by atoms with van der Waals surface area (Å²) in [4.78, 5) is 8.29. The van der Waals surface area contributed by atoms with E-state index >= 15 is 0 Å². The second kappa shape index (κ2) is 4.44. The Labute approximate surface area is 92.7 Å². The van der Waals surface area contributed by atoms with E-state index in [1.165, 1.54) is 6.33 Å². The average Bonchev–Trinajstić information content (AvgIpc) is 2.83. The number of hydrogen-bond donors (Lipinski definition) is 0. The van der Waals surface area contributed by atoms with Gasteiger partial charge >= 0.3 is 0 Å². The molecule has 15 heavy (non-hydrogen) atoms. The third-order valence-electron chi connectivity index (χ3n) is 2.28. The Balaban J connectivity index is 2.02. The first-order valence-corrected chi connectivity index (χ1v) is 5.23. The molecule has 2 aromatic rings. The maximum atomic E-state index is 5.72. The molecule has 0 unspecified atom stereocenters. The summed E-state index contributed by atoms with van der Waals surface area (Å²) in [5, 5.41) is 4.10. The molecule has 80 valence electrons. The lowest BCUT2D eigenvalue weighted by molar-refractivity contribution is 0.571. The molecule has 6 heteroatoms. The van der Waals surface area contributed by atoms with E-state index in [1.54, 1.807) is 6.20 Å². The van der Waals surface area contributed by atoms with E-state index in [0.717, 1.165) is 24.6 Å². The smallest absolute Gasteiger partial charge is 0.141 e. The first-order valence-electron chi connectivity index (χ1n) is 4.70. The lowest BCUT2D eigenvalue weighted by Gasteiger charge is -2.04. The van der Waals surface area contributed by atoms with E-state index in [0.29, 0.717) is 5.88 Å². The van der Waals surface area contributed by atoms with Gasteiger partial charge in [-0.2, -0.15) is 5.10 Å². The first kappa shape index (κ1) is 10.2. The van der Waals surface area contributed by atoms with Gasteiger partial charge in [-0.15, -0.1) is 11.6 Å². The Kier molecular flexibility index (Phi) is 3.01. The van der Waals surface area contributed by atoms with Crippen molar-refractivity contribution in [1.82, 2.24) is 24.3 Å². The Morgan fingerprint density at radius 2 is 2.20 bits per heavy atom. The normalized spacial score (nSPS) is 10.8. The van der Waals surface area contributed by atoms with Gasteiger partial charge < -0.3 is 4.57 Å². The molecule has 0 aliphatic rings. The predicted octanol–water partition coefficient (Wildman–Crippen LogP) is 0.993. The highest BCUT2D eigenvalue weighted by molar-refractivity contribution is 6.16. The number of hydrogen-bond acceptors (Lipinski definition) is 3. The predicted molar refractivity (Wildman–Crippen MR) is 56.5 cm³/mol. The van der Waals surface area contributed by atoms with Crippen LogP contribution in [0.1, 0.15) is 11.6 Å². The van der Waals surface area contributed by atoms with E-state index < -0.39 is 0 Å². The van der Waals surface area contributed by atoms with Crippen LogP contribution in [-0.4, -0.2) is 24.3 Å². The summed E-state index contributed by atoms with van der Waals surface area (Å²) in [7, 11) is 1.98. The number of alkyl halides is 1. The van der Waals surface area contributed by atoms with E-state index in [2.05, 4.69) is 15.1 Å². The lowest BCUT2D eigenvalue weighted by Crippen LogP contribution is -2.09. The largest absolute Gasteiger partial charge is 0.338 e. The van der Waals surface area contributed by atoms with Gasteiger partial charge in [0.25, 0.3) is 0 Å². The summed E-state index contributed by atoms with van der Waals surface area (Å²) in [5.41, 5.74) is 0. The van der Waals surface area contributed by atoms with Crippen molar-refractivity contribution in [3.63, 3.8) is 0 Å². The third kappa shape index (κ3) is 2.18. The summed E-state index contributed by atoms with van der Waals surface area (Å²) < 4.78 is 3.80. The van der Waals surface area contributed by atoms with Crippen molar-refractivity contribution in [3.8, 4) is 0 Å². The van der Waals surface area contributed by atoms with Gasteiger partial charge in [-0.05, 0) is 0 Å². The van der Waals surface area contributed by atoms with Crippen molar-refractivity contribution in [2.24, 2.45) is 7.05 Å². The number of aryl methyl sites for hydroxylation is 3. The first-order chi connectivity index (χ1) is 7.31. The van der Waals surface area contributed by atoms with Crippen molar-refractivity contribution in [3.05, 3.63) is 30.4 Å². The summed E-state index contributed by atoms with van der Waals surface area (Å²) in [5.74, 6) is 2.22. The summed E-state index contributed by atoms with van der Waals surface area (Å²) in [6.07, 6.45) is 6.07. The Bertz CT molecular complexity index is 433. The van der Waals surface area contributed by atoms with Crippen LogP contribution in [0.4, 0.5) is 0 Å². The topological polar surface area (TPSA) is 48.5 Å². The number of imidazole rings is 1. The van der Waals surface area contributed by atoms with Gasteiger partial charge in [-0.25, -0.2) is 14.6 Å². The summed E-state index contributed by atoms with van der Waals surface area (Å²) >= 11 is 5.72. The Morgan fingerprint density at radius 3 is 2.87 bits per heavy atom. The number of rotatable bonds is 4. The molecular formula is C9H12ClN5. The Hall–Kier alpha value is -1.36. The lowest BCUT2D eigenvalue weighted by atomic mass is 10.4. The molecule has 0 aliphatic carbocycles. The highest BCUT2D eigenvalue weighted by Crippen LogP contribution is 2.02. The van der Waals surface area contributed by atoms with Gasteiger partial charge in [0.05, 0.1) is 12.4 Å². The van der Waals surface area contributed by atoms with Gasteiger partial charge in [-0.3, -0.25) is 0 Å². The van der Waals surface area contributed by atoms with Gasteiger partial charge in [-0.1, -0.05) is 0 Å². The highest BCUT2D eigenvalue weighted by Gasteiger charge is 2.04. The van der Waals surface area contributed by atoms with Gasteiger partial charge in [0.15, 0.2) is 0 Å². The Morgan fingerprint density at radius 1 is 1.33 bits per heavy atom. The molecule has 0 saturated heterocycles. The second-order valence-corrected chi connectivity index (χ2v) is 3.50. The van der Waals surface area contributed by atoms with Crippen molar-refractivity contribution < 1.29 is 0 Å². The van der Waals surface area contributed by atoms with Crippen LogP contribution in [0.15, 0.2) is 18.7 Å². The molecule has 0 saturated carbocycles. The number of nitrogens with zero attached hydrogens (tertiary/aromatic N) is 5. The number of aromatic nitrogens is 5. The molecule has 0 N–H and O–H groups in total. The maximum absolute atomic E-state index is 5.72. The molecule has 2 rings (SSSR count). The van der Waals surface area contributed by atoms with E-state index in [9.17, 15) is 0 Å². The van der Waals surface area contributed by atoms with Crippen molar-refractivity contribution in [2.75, 3.05) is 0 Å². The minimum absolute atomic E-state index is 0.389. The minimum atomic E-state index is 0.389. The highest BCUT2D eigenvalue weighted by atomic mass is 35.5. The zero-order valence-corrected chi connectivity index (χ0v) is 9.22. The molecule has 0 atom stereocenters. The van der Waals surface area contributed by atoms with E-state index in [-0.39, 0.29) is 0 Å². The quantitative estimate of drug-likeness (QED) is 0.730. The average molecular weight is 226 g/mol. The van der Waals surface area contributed by atoms with Crippen LogP contribution in [0.25, 0.3) is 0 Å². The van der Waals surface area contributed by atoms with Crippen molar-refractivity contribution >= 4 is 11.6 Å². The molecule has 5 nitrogen and oxygen atoms in total. The number of halogens is 1. The fourth-order valence-corrected chi connectivity index (χ4v) is 1.63. The molecule has 0 aliphatic heterocycles. The molecule has 0 radical (unpaired) electrons. The minimum Gasteiger partial charge on any atom is -0.338 e. The third-order valence-corrected chi connectivity index (χ3v) is 2.52. The summed E-state index contributed by atoms with van der Waals surface area (Å²) in [6, 6.07) is 0. The van der Waals surface area contributed by atoms with E-state index in [1.807, 2.05) is 22.5 Å². The zero-order valence-electron chi connectivity index (χ0n) is 8.47. The van der Waals surface area contributed by atoms with Crippen molar-refractivity contribution in [2.45, 2.75) is 18.8 Å². The molecular weight excluding hydrogens is 214 g/mol. The van der Waals surface area contributed by atoms with Crippen LogP contribution in [0, 0.1) is 0 Å². The second-order valence-electron chi connectivity index (χ2n) is 3.24. The fraction of sp³-hybridized carbons (Fsp3) is 0.444. The van der Waals surface area contributed by atoms with Crippen LogP contribution in [0.2, 0.25) is 0 Å². The molecule has 2 heterocycles. The summed E-state index contributed by atoms with van der Waals surface area (Å²) in [6.45, 7) is 0.757. The SMILES string of the molecule is Cn1ccnc1CCn1ncnc1CCl. The van der Waals surface area contributed by atoms with Crippen LogP contribution in [0.3, 0.4) is 0 Å². The van der Waals surface area contributed by atoms with Gasteiger partial charge in [0.1, 0.15) is 18.0 Å². The van der Waals surface area contributed by atoms with Gasteiger partial charge in [0.2, 0.25) is 0 Å². The standard InChI is InChI=1S/C9H12ClN5/c1-14-5-3-11-8(14)2-4-15-9(6-10)12-7-13-15/h3,5,7H,2,4,6H2,1H3. The maximum Gasteiger partial charge on any atom is 0.141 e. The van der Waals surface area contributed by atoms with Crippen LogP contribution in [0.5, 0.6) is 0 Å². The van der Waals surface area contributed by atoms with E-state index in [4.69, 9.17) is 11.6 Å². The zero-order chi connectivity index (χ0) is 10.7. The monoisotopic (exact) mass is 225 g/mol. The molecule has 0 spiro atoms. The fourth-order valence-electron chi connectivity index (χ4n) is 1.42. The van der Waals surface area contributed by atoms with Crippen LogP contribution >= 0.6 is 11.6 Å². The van der Waals surface area contributed by atoms with Gasteiger partial charge in [0, 0.05) is 25.9 Å².